The van der Waals surface area contributed by atoms with Crippen LogP contribution in [0.2, 0.25) is 0 Å². The zero-order valence-electron chi connectivity index (χ0n) is 26.9. The fourth-order valence-electron chi connectivity index (χ4n) is 2.14. The molecule has 0 aromatic carbocycles. The zero-order valence-corrected chi connectivity index (χ0v) is 35.4. The van der Waals surface area contributed by atoms with Crippen molar-refractivity contribution in [2.75, 3.05) is 6.79 Å². The second kappa shape index (κ2) is 21.5. The van der Waals surface area contributed by atoms with Crippen molar-refractivity contribution >= 4 is 0 Å². The minimum Gasteiger partial charge on any atom is -0.454 e. The van der Waals surface area contributed by atoms with Gasteiger partial charge in [-0.05, 0) is 40.2 Å². The summed E-state index contributed by atoms with van der Waals surface area (Å²) in [5.74, 6) is -13.4. The fraction of sp³-hybridized carbons (Fsp3) is 0.769. The maximum atomic E-state index is 14.1. The second-order valence-electron chi connectivity index (χ2n) is 10.1. The van der Waals surface area contributed by atoms with Crippen LogP contribution >= 0.6 is 0 Å². The van der Waals surface area contributed by atoms with E-state index in [-0.39, 0.29) is 98.1 Å². The molecule has 0 aromatic heterocycles. The summed E-state index contributed by atoms with van der Waals surface area (Å²) in [6, 6.07) is 0. The van der Waals surface area contributed by atoms with Crippen LogP contribution in [0, 0.1) is 37.0 Å². The van der Waals surface area contributed by atoms with Gasteiger partial charge >= 0.3 is 0 Å². The summed E-state index contributed by atoms with van der Waals surface area (Å²) in [4.78, 5) is 0. The van der Waals surface area contributed by atoms with E-state index in [0.717, 1.165) is 62.3 Å². The molecule has 43 heavy (non-hydrogen) atoms. The van der Waals surface area contributed by atoms with Crippen LogP contribution in [-0.4, -0.2) is 41.5 Å². The summed E-state index contributed by atoms with van der Waals surface area (Å²) in [6.07, 6.45) is -6.45. The van der Waals surface area contributed by atoms with Crippen molar-refractivity contribution in [1.29, 1.82) is 0 Å². The van der Waals surface area contributed by atoms with Crippen molar-refractivity contribution in [3.63, 3.8) is 0 Å². The van der Waals surface area contributed by atoms with Crippen LogP contribution in [0.25, 0.3) is 0 Å². The Morgan fingerprint density at radius 2 is 0.651 bits per heavy atom. The summed E-state index contributed by atoms with van der Waals surface area (Å²) >= 11 is 0. The van der Waals surface area contributed by atoms with Gasteiger partial charge in [-0.2, -0.15) is 41.5 Å². The molecule has 0 fully saturated rings. The molecule has 0 bridgehead atoms. The first-order chi connectivity index (χ1) is 17.5. The molecule has 3 radical (unpaired) electrons. The monoisotopic (exact) mass is 871 g/mol. The van der Waals surface area contributed by atoms with Gasteiger partial charge in [-0.3, -0.25) is 0 Å². The zero-order chi connectivity index (χ0) is 32.7. The molecule has 0 heterocycles. The first-order valence-electron chi connectivity index (χ1n) is 11.9. The van der Waals surface area contributed by atoms with Crippen LogP contribution in [0.4, 0.5) is 39.5 Å². The predicted molar refractivity (Wildman–Crippen MR) is 130 cm³/mol. The molecule has 5 atom stereocenters. The van der Waals surface area contributed by atoms with E-state index in [1.165, 1.54) is 13.8 Å². The van der Waals surface area contributed by atoms with Gasteiger partial charge in [0.15, 0.2) is 0 Å². The maximum Gasteiger partial charge on any atom is 0.147 e. The van der Waals surface area contributed by atoms with Gasteiger partial charge in [0.2, 0.25) is 0 Å². The smallest absolute Gasteiger partial charge is 0.147 e. The molecule has 5 unspecified atom stereocenters. The minimum absolute atomic E-state index is 0. The molecule has 0 aliphatic heterocycles. The Hall–Kier alpha value is 2.48. The molecule has 0 rings (SSSR count). The summed E-state index contributed by atoms with van der Waals surface area (Å²) < 4.78 is 145. The van der Waals surface area contributed by atoms with Gasteiger partial charge in [0.05, 0.1) is 11.6 Å². The Morgan fingerprint density at radius 3 is 0.837 bits per heavy atom. The van der Waals surface area contributed by atoms with E-state index >= 15 is 0 Å². The third kappa shape index (κ3) is 19.3. The van der Waals surface area contributed by atoms with Crippen LogP contribution in [0.1, 0.15) is 90.0 Å². The van der Waals surface area contributed by atoms with E-state index in [1.54, 1.807) is 0 Å². The average Bonchev–Trinajstić information content (AvgIpc) is 2.72. The van der Waals surface area contributed by atoms with Gasteiger partial charge in [0.25, 0.3) is 0 Å². The summed E-state index contributed by atoms with van der Waals surface area (Å²) in [6.45, 7) is 11.2. The van der Waals surface area contributed by atoms with Gasteiger partial charge in [0, 0.05) is 98.1 Å². The van der Waals surface area contributed by atoms with Crippen molar-refractivity contribution < 1.29 is 161 Å². The van der Waals surface area contributed by atoms with E-state index in [9.17, 15) is 39.5 Å². The van der Waals surface area contributed by atoms with Crippen LogP contribution in [0.5, 0.6) is 0 Å². The third-order valence-electron chi connectivity index (χ3n) is 5.82. The molecule has 0 saturated carbocycles. The SMILES string of the molecule is C[C-](F)C(C)(C)OC(C)(F)[C-](C)F.C[C-](F)C(C)(F)OC(C)(OCOC(C)(OC(C)(F)[C-](C)F)[C-](C)F)[C-](C)F.[Y].[Y].[Y]. The van der Waals surface area contributed by atoms with E-state index in [0.29, 0.717) is 13.8 Å². The number of alkyl halides is 3. The Bertz CT molecular complexity index is 689. The van der Waals surface area contributed by atoms with Crippen molar-refractivity contribution in [1.82, 2.24) is 0 Å². The van der Waals surface area contributed by atoms with Gasteiger partial charge in [-0.25, -0.2) is 13.2 Å². The third-order valence-corrected chi connectivity index (χ3v) is 5.82. The van der Waals surface area contributed by atoms with E-state index < -0.39 is 78.6 Å². The largest absolute Gasteiger partial charge is 0.454 e. The van der Waals surface area contributed by atoms with Gasteiger partial charge in [-0.15, -0.1) is 18.5 Å². The number of hydrogen-bond acceptors (Lipinski definition) is 5. The minimum atomic E-state index is -3.00. The molecule has 5 nitrogen and oxygen atoms in total. The average molecular weight is 871 g/mol. The van der Waals surface area contributed by atoms with Crippen molar-refractivity contribution in [3.8, 4) is 0 Å². The predicted octanol–water partition coefficient (Wildman–Crippen LogP) is 9.40. The molecular weight excluding hydrogens is 830 g/mol. The van der Waals surface area contributed by atoms with Gasteiger partial charge in [-0.1, -0.05) is 32.4 Å². The van der Waals surface area contributed by atoms with Crippen LogP contribution in [-0.2, 0) is 122 Å². The van der Waals surface area contributed by atoms with Crippen molar-refractivity contribution in [2.24, 2.45) is 0 Å². The van der Waals surface area contributed by atoms with Crippen molar-refractivity contribution in [3.05, 3.63) is 37.0 Å². The topological polar surface area (TPSA) is 46.2 Å². The number of halogens is 9. The number of rotatable bonds is 16. The summed E-state index contributed by atoms with van der Waals surface area (Å²) in [7, 11) is 0. The fourth-order valence-corrected chi connectivity index (χ4v) is 2.14. The maximum absolute atomic E-state index is 14.1. The molecule has 0 aromatic rings. The second-order valence-corrected chi connectivity index (χ2v) is 10.1. The van der Waals surface area contributed by atoms with Crippen molar-refractivity contribution in [2.45, 2.75) is 125 Å². The quantitative estimate of drug-likeness (QED) is 0.0880. The molecule has 0 amide bonds. The Kier molecular flexibility index (Phi) is 27.5. The van der Waals surface area contributed by atoms with Gasteiger partial charge in [0.1, 0.15) is 24.4 Å². The van der Waals surface area contributed by atoms with Crippen LogP contribution in [0.15, 0.2) is 0 Å². The molecule has 253 valence electrons. The normalized spacial score (nSPS) is 19.3. The Labute approximate surface area is 326 Å². The molecule has 0 saturated heterocycles. The summed E-state index contributed by atoms with van der Waals surface area (Å²) in [5.41, 5.74) is -1.42. The Morgan fingerprint density at radius 1 is 0.419 bits per heavy atom. The first-order valence-corrected chi connectivity index (χ1v) is 11.9. The standard InChI is InChI=1S/C17H26F6O4.C9H15F3O.3Y/c1-10(18)14(5,22)26-16(7,12(3)20)24-9-25-17(8,13(4)21)27-15(6,23)11(2)19;1-6(10)8(3,4)13-9(5,12)7(2)11;;;/h9H2,1-8H3;1-5H3;;;/q-4;-2;;;. The molecular formula is C26H41F9O5Y3-6. The molecule has 0 aliphatic carbocycles. The van der Waals surface area contributed by atoms with Crippen LogP contribution < -0.4 is 0 Å². The first kappa shape index (κ1) is 54.9. The summed E-state index contributed by atoms with van der Waals surface area (Å²) in [5, 5.41) is 0. The molecule has 0 N–H and O–H groups in total. The van der Waals surface area contributed by atoms with E-state index in [1.807, 2.05) is 0 Å². The molecule has 0 spiro atoms. The van der Waals surface area contributed by atoms with Crippen LogP contribution in [0.3, 0.4) is 0 Å². The van der Waals surface area contributed by atoms with E-state index in [2.05, 4.69) is 4.74 Å². The number of ether oxygens (including phenoxy) is 5. The number of hydrogen-bond donors (Lipinski definition) is 0. The van der Waals surface area contributed by atoms with E-state index in [4.69, 9.17) is 18.9 Å². The Balaban J connectivity index is -0.000000256. The van der Waals surface area contributed by atoms with Gasteiger partial charge < -0.3 is 50.0 Å². The molecule has 0 aliphatic rings. The molecule has 17 heteroatoms.